The number of rotatable bonds is 9. The SMILES string of the molecule is CCOP(=O)(CCCCN1C(=O)c2ccccc2C1=O)Oc1ccc(C#N)cc1. The van der Waals surface area contributed by atoms with Crippen molar-refractivity contribution in [3.05, 3.63) is 65.2 Å². The maximum Gasteiger partial charge on any atom is 0.379 e. The Hall–Kier alpha value is -2.94. The topological polar surface area (TPSA) is 96.7 Å². The molecule has 7 nitrogen and oxygen atoms in total. The lowest BCUT2D eigenvalue weighted by Gasteiger charge is -2.19. The maximum atomic E-state index is 13.0. The standard InChI is InChI=1S/C21H21N2O5P/c1-2-27-29(26,28-17-11-9-16(15-22)10-12-17)14-6-5-13-23-20(24)18-7-3-4-8-19(18)21(23)25/h3-4,7-12H,2,5-6,13-14H2,1H3. The number of carbonyl (C=O) groups is 2. The second-order valence-electron chi connectivity index (χ2n) is 6.49. The van der Waals surface area contributed by atoms with Crippen LogP contribution in [0.5, 0.6) is 5.75 Å². The van der Waals surface area contributed by atoms with Crippen molar-refractivity contribution in [3.63, 3.8) is 0 Å². The minimum atomic E-state index is -3.39. The molecule has 2 aromatic carbocycles. The Morgan fingerprint density at radius 2 is 1.62 bits per heavy atom. The summed E-state index contributed by atoms with van der Waals surface area (Å²) in [5.41, 5.74) is 1.31. The molecular formula is C21H21N2O5P. The molecule has 8 heteroatoms. The third kappa shape index (κ3) is 4.73. The van der Waals surface area contributed by atoms with Gasteiger partial charge in [-0.25, -0.2) is 4.57 Å². The molecule has 0 N–H and O–H groups in total. The molecule has 0 saturated heterocycles. The second kappa shape index (κ2) is 9.04. The zero-order valence-corrected chi connectivity index (χ0v) is 16.9. The number of fused-ring (bicyclic) bond motifs is 1. The molecule has 1 aliphatic heterocycles. The van der Waals surface area contributed by atoms with Crippen molar-refractivity contribution in [1.82, 2.24) is 4.90 Å². The minimum Gasteiger partial charge on any atom is -0.424 e. The van der Waals surface area contributed by atoms with Gasteiger partial charge in [-0.3, -0.25) is 14.5 Å². The average Bonchev–Trinajstić information content (AvgIpc) is 2.97. The van der Waals surface area contributed by atoms with Crippen molar-refractivity contribution in [2.75, 3.05) is 19.3 Å². The number of hydrogen-bond donors (Lipinski definition) is 0. The Kier molecular flexibility index (Phi) is 6.48. The summed E-state index contributed by atoms with van der Waals surface area (Å²) in [5, 5.41) is 8.85. The average molecular weight is 412 g/mol. The van der Waals surface area contributed by atoms with Crippen LogP contribution in [0.15, 0.2) is 48.5 Å². The molecular weight excluding hydrogens is 391 g/mol. The number of unbranched alkanes of at least 4 members (excludes halogenated alkanes) is 1. The summed E-state index contributed by atoms with van der Waals surface area (Å²) < 4.78 is 23.9. The number of amides is 2. The van der Waals surface area contributed by atoms with E-state index in [1.807, 2.05) is 6.07 Å². The first-order valence-electron chi connectivity index (χ1n) is 9.36. The summed E-state index contributed by atoms with van der Waals surface area (Å²) in [6.45, 7) is 2.20. The first-order chi connectivity index (χ1) is 14.0. The van der Waals surface area contributed by atoms with Crippen molar-refractivity contribution in [1.29, 1.82) is 5.26 Å². The second-order valence-corrected chi connectivity index (χ2v) is 8.60. The van der Waals surface area contributed by atoms with Gasteiger partial charge in [-0.05, 0) is 56.2 Å². The van der Waals surface area contributed by atoms with Crippen LogP contribution in [0.2, 0.25) is 0 Å². The molecule has 29 heavy (non-hydrogen) atoms. The van der Waals surface area contributed by atoms with E-state index in [2.05, 4.69) is 0 Å². The lowest BCUT2D eigenvalue weighted by Crippen LogP contribution is -2.30. The molecule has 0 aromatic heterocycles. The lowest BCUT2D eigenvalue weighted by molar-refractivity contribution is 0.0652. The molecule has 2 aromatic rings. The lowest BCUT2D eigenvalue weighted by atomic mass is 10.1. The Labute approximate surface area is 169 Å². The van der Waals surface area contributed by atoms with Gasteiger partial charge >= 0.3 is 7.60 Å². The van der Waals surface area contributed by atoms with Gasteiger partial charge in [0.05, 0.1) is 35.5 Å². The minimum absolute atomic E-state index is 0.157. The van der Waals surface area contributed by atoms with Crippen LogP contribution in [0.4, 0.5) is 0 Å². The smallest absolute Gasteiger partial charge is 0.379 e. The molecule has 0 fully saturated rings. The van der Waals surface area contributed by atoms with Gasteiger partial charge in [0.25, 0.3) is 11.8 Å². The van der Waals surface area contributed by atoms with Gasteiger partial charge in [0.2, 0.25) is 0 Å². The van der Waals surface area contributed by atoms with Crippen molar-refractivity contribution in [2.45, 2.75) is 19.8 Å². The van der Waals surface area contributed by atoms with Gasteiger partial charge in [0.15, 0.2) is 0 Å². The third-order valence-corrected chi connectivity index (χ3v) is 6.50. The summed E-state index contributed by atoms with van der Waals surface area (Å²) >= 11 is 0. The number of nitriles is 1. The van der Waals surface area contributed by atoms with Gasteiger partial charge in [-0.2, -0.15) is 5.26 Å². The van der Waals surface area contributed by atoms with Crippen LogP contribution in [0.1, 0.15) is 46.0 Å². The van der Waals surface area contributed by atoms with E-state index in [4.69, 9.17) is 14.3 Å². The van der Waals surface area contributed by atoms with Crippen molar-refractivity contribution >= 4 is 19.4 Å². The molecule has 1 unspecified atom stereocenters. The van der Waals surface area contributed by atoms with E-state index in [-0.39, 0.29) is 31.1 Å². The largest absolute Gasteiger partial charge is 0.424 e. The molecule has 0 saturated carbocycles. The summed E-state index contributed by atoms with van der Waals surface area (Å²) in [5.74, 6) is -0.235. The van der Waals surface area contributed by atoms with Crippen LogP contribution in [-0.4, -0.2) is 36.0 Å². The number of nitrogens with zero attached hydrogens (tertiary/aromatic N) is 2. The fraction of sp³-hybridized carbons (Fsp3) is 0.286. The van der Waals surface area contributed by atoms with Crippen LogP contribution >= 0.6 is 7.60 Å². The van der Waals surface area contributed by atoms with Gasteiger partial charge in [-0.15, -0.1) is 0 Å². The van der Waals surface area contributed by atoms with Crippen LogP contribution in [-0.2, 0) is 9.09 Å². The number of benzene rings is 2. The molecule has 3 rings (SSSR count). The summed E-state index contributed by atoms with van der Waals surface area (Å²) in [6, 6.07) is 15.1. The number of hydrogen-bond acceptors (Lipinski definition) is 6. The maximum absolute atomic E-state index is 13.0. The summed E-state index contributed by atoms with van der Waals surface area (Å²) in [7, 11) is -3.39. The molecule has 0 radical (unpaired) electrons. The quantitative estimate of drug-likeness (QED) is 0.347. The first kappa shape index (κ1) is 20.8. The Morgan fingerprint density at radius 3 is 2.17 bits per heavy atom. The molecule has 1 heterocycles. The van der Waals surface area contributed by atoms with Crippen LogP contribution in [0.25, 0.3) is 0 Å². The molecule has 0 bridgehead atoms. The molecule has 1 atom stereocenters. The summed E-state index contributed by atoms with van der Waals surface area (Å²) in [4.78, 5) is 26.0. The zero-order chi connectivity index (χ0) is 20.9. The van der Waals surface area contributed by atoms with Crippen LogP contribution < -0.4 is 4.52 Å². The molecule has 0 aliphatic carbocycles. The summed E-state index contributed by atoms with van der Waals surface area (Å²) in [6.07, 6.45) is 1.10. The highest BCUT2D eigenvalue weighted by molar-refractivity contribution is 7.54. The van der Waals surface area contributed by atoms with E-state index in [1.54, 1.807) is 55.5 Å². The highest BCUT2D eigenvalue weighted by Crippen LogP contribution is 2.49. The number of carbonyl (C=O) groups excluding carboxylic acids is 2. The van der Waals surface area contributed by atoms with Crippen LogP contribution in [0, 0.1) is 11.3 Å². The molecule has 0 spiro atoms. The van der Waals surface area contributed by atoms with Crippen LogP contribution in [0.3, 0.4) is 0 Å². The predicted molar refractivity (Wildman–Crippen MR) is 107 cm³/mol. The van der Waals surface area contributed by atoms with Crippen molar-refractivity contribution in [2.24, 2.45) is 0 Å². The van der Waals surface area contributed by atoms with E-state index in [9.17, 15) is 14.2 Å². The number of imide groups is 1. The van der Waals surface area contributed by atoms with Gasteiger partial charge < -0.3 is 9.05 Å². The highest BCUT2D eigenvalue weighted by Gasteiger charge is 2.34. The fourth-order valence-electron chi connectivity index (χ4n) is 3.10. The van der Waals surface area contributed by atoms with E-state index in [0.29, 0.717) is 35.3 Å². The van der Waals surface area contributed by atoms with E-state index in [0.717, 1.165) is 0 Å². The fourth-order valence-corrected chi connectivity index (χ4v) is 4.82. The van der Waals surface area contributed by atoms with Crippen molar-refractivity contribution in [3.8, 4) is 11.8 Å². The normalized spacial score (nSPS) is 15.0. The van der Waals surface area contributed by atoms with E-state index in [1.165, 1.54) is 4.90 Å². The Morgan fingerprint density at radius 1 is 1.00 bits per heavy atom. The van der Waals surface area contributed by atoms with Crippen molar-refractivity contribution < 1.29 is 23.2 Å². The van der Waals surface area contributed by atoms with E-state index < -0.39 is 7.60 Å². The highest BCUT2D eigenvalue weighted by atomic mass is 31.2. The van der Waals surface area contributed by atoms with Gasteiger partial charge in [0.1, 0.15) is 5.75 Å². The van der Waals surface area contributed by atoms with Gasteiger partial charge in [-0.1, -0.05) is 12.1 Å². The molecule has 1 aliphatic rings. The Balaban J connectivity index is 1.56. The zero-order valence-electron chi connectivity index (χ0n) is 16.0. The molecule has 150 valence electrons. The predicted octanol–water partition coefficient (Wildman–Crippen LogP) is 4.24. The monoisotopic (exact) mass is 412 g/mol. The van der Waals surface area contributed by atoms with E-state index >= 15 is 0 Å². The molecule has 2 amide bonds. The first-order valence-corrected chi connectivity index (χ1v) is 11.1. The third-order valence-electron chi connectivity index (χ3n) is 4.50. The van der Waals surface area contributed by atoms with Gasteiger partial charge in [0, 0.05) is 6.54 Å². The Bertz CT molecular complexity index is 962.